The first kappa shape index (κ1) is 9.71. The SMILES string of the molecule is CC(C)c1cnn(C[C@@H]2CCOC2)c1. The fourth-order valence-electron chi connectivity index (χ4n) is 1.77. The molecule has 1 saturated heterocycles. The third-order valence-electron chi connectivity index (χ3n) is 2.79. The van der Waals surface area contributed by atoms with E-state index < -0.39 is 0 Å². The maximum Gasteiger partial charge on any atom is 0.0524 e. The molecular formula is C11H18N2O. The highest BCUT2D eigenvalue weighted by Gasteiger charge is 2.16. The lowest BCUT2D eigenvalue weighted by Crippen LogP contribution is -2.10. The number of ether oxygens (including phenoxy) is 1. The van der Waals surface area contributed by atoms with E-state index in [1.165, 1.54) is 12.0 Å². The summed E-state index contributed by atoms with van der Waals surface area (Å²) in [6, 6.07) is 0. The summed E-state index contributed by atoms with van der Waals surface area (Å²) in [6.07, 6.45) is 5.31. The van der Waals surface area contributed by atoms with Gasteiger partial charge < -0.3 is 4.74 Å². The fraction of sp³-hybridized carbons (Fsp3) is 0.727. The Labute approximate surface area is 85.1 Å². The van der Waals surface area contributed by atoms with Gasteiger partial charge in [-0.2, -0.15) is 5.10 Å². The molecule has 1 aliphatic heterocycles. The van der Waals surface area contributed by atoms with Crippen molar-refractivity contribution < 1.29 is 4.74 Å². The van der Waals surface area contributed by atoms with E-state index in [-0.39, 0.29) is 0 Å². The van der Waals surface area contributed by atoms with Gasteiger partial charge in [-0.25, -0.2) is 0 Å². The topological polar surface area (TPSA) is 27.1 Å². The van der Waals surface area contributed by atoms with Gasteiger partial charge in [0.15, 0.2) is 0 Å². The minimum absolute atomic E-state index is 0.573. The molecule has 0 spiro atoms. The molecule has 3 nitrogen and oxygen atoms in total. The van der Waals surface area contributed by atoms with Crippen LogP contribution < -0.4 is 0 Å². The van der Waals surface area contributed by atoms with E-state index >= 15 is 0 Å². The second-order valence-electron chi connectivity index (χ2n) is 4.38. The Morgan fingerprint density at radius 1 is 1.64 bits per heavy atom. The molecule has 1 aliphatic rings. The van der Waals surface area contributed by atoms with Crippen LogP contribution in [0, 0.1) is 5.92 Å². The van der Waals surface area contributed by atoms with E-state index in [0.29, 0.717) is 11.8 Å². The number of rotatable bonds is 3. The van der Waals surface area contributed by atoms with Crippen molar-refractivity contribution in [1.29, 1.82) is 0 Å². The van der Waals surface area contributed by atoms with Gasteiger partial charge in [0, 0.05) is 25.3 Å². The van der Waals surface area contributed by atoms with Gasteiger partial charge in [0.25, 0.3) is 0 Å². The minimum Gasteiger partial charge on any atom is -0.381 e. The first-order valence-electron chi connectivity index (χ1n) is 5.36. The molecule has 0 unspecified atom stereocenters. The molecule has 78 valence electrons. The third kappa shape index (κ3) is 2.15. The van der Waals surface area contributed by atoms with Gasteiger partial charge in [0.05, 0.1) is 12.8 Å². The molecule has 0 N–H and O–H groups in total. The summed E-state index contributed by atoms with van der Waals surface area (Å²) >= 11 is 0. The van der Waals surface area contributed by atoms with E-state index in [2.05, 4.69) is 29.8 Å². The average molecular weight is 194 g/mol. The van der Waals surface area contributed by atoms with Crippen molar-refractivity contribution >= 4 is 0 Å². The Bertz CT molecular complexity index is 287. The van der Waals surface area contributed by atoms with Crippen LogP contribution in [0.25, 0.3) is 0 Å². The quantitative estimate of drug-likeness (QED) is 0.736. The van der Waals surface area contributed by atoms with Crippen LogP contribution >= 0.6 is 0 Å². The summed E-state index contributed by atoms with van der Waals surface area (Å²) in [7, 11) is 0. The first-order chi connectivity index (χ1) is 6.75. The summed E-state index contributed by atoms with van der Waals surface area (Å²) in [6.45, 7) is 7.21. The highest BCUT2D eigenvalue weighted by molar-refractivity contribution is 5.08. The average Bonchev–Trinajstić information content (AvgIpc) is 2.75. The largest absolute Gasteiger partial charge is 0.381 e. The van der Waals surface area contributed by atoms with Crippen LogP contribution in [-0.4, -0.2) is 23.0 Å². The van der Waals surface area contributed by atoms with Gasteiger partial charge in [0.1, 0.15) is 0 Å². The minimum atomic E-state index is 0.573. The molecule has 0 bridgehead atoms. The summed E-state index contributed by atoms with van der Waals surface area (Å²) in [5.41, 5.74) is 1.32. The van der Waals surface area contributed by atoms with Crippen LogP contribution in [0.4, 0.5) is 0 Å². The second kappa shape index (κ2) is 4.13. The Kier molecular flexibility index (Phi) is 2.87. The van der Waals surface area contributed by atoms with Gasteiger partial charge >= 0.3 is 0 Å². The molecule has 0 radical (unpaired) electrons. The summed E-state index contributed by atoms with van der Waals surface area (Å²) < 4.78 is 7.39. The zero-order valence-electron chi connectivity index (χ0n) is 8.94. The predicted octanol–water partition coefficient (Wildman–Crippen LogP) is 2.04. The summed E-state index contributed by atoms with van der Waals surface area (Å²) in [4.78, 5) is 0. The van der Waals surface area contributed by atoms with Crippen molar-refractivity contribution in [2.75, 3.05) is 13.2 Å². The Morgan fingerprint density at radius 3 is 3.07 bits per heavy atom. The molecule has 0 amide bonds. The Morgan fingerprint density at radius 2 is 2.50 bits per heavy atom. The van der Waals surface area contributed by atoms with Crippen molar-refractivity contribution in [1.82, 2.24) is 9.78 Å². The van der Waals surface area contributed by atoms with Gasteiger partial charge in [-0.3, -0.25) is 4.68 Å². The maximum atomic E-state index is 5.34. The molecular weight excluding hydrogens is 176 g/mol. The molecule has 0 aliphatic carbocycles. The third-order valence-corrected chi connectivity index (χ3v) is 2.79. The molecule has 0 aromatic carbocycles. The predicted molar refractivity (Wildman–Crippen MR) is 55.2 cm³/mol. The maximum absolute atomic E-state index is 5.34. The molecule has 0 saturated carbocycles. The highest BCUT2D eigenvalue weighted by Crippen LogP contribution is 2.17. The van der Waals surface area contributed by atoms with E-state index in [4.69, 9.17) is 4.74 Å². The van der Waals surface area contributed by atoms with Crippen molar-refractivity contribution in [2.24, 2.45) is 5.92 Å². The zero-order valence-corrected chi connectivity index (χ0v) is 8.94. The first-order valence-corrected chi connectivity index (χ1v) is 5.36. The molecule has 14 heavy (non-hydrogen) atoms. The number of hydrogen-bond donors (Lipinski definition) is 0. The van der Waals surface area contributed by atoms with E-state index in [0.717, 1.165) is 19.8 Å². The molecule has 3 heteroatoms. The van der Waals surface area contributed by atoms with E-state index in [1.54, 1.807) is 0 Å². The van der Waals surface area contributed by atoms with Gasteiger partial charge in [-0.15, -0.1) is 0 Å². The lowest BCUT2D eigenvalue weighted by molar-refractivity contribution is 0.181. The van der Waals surface area contributed by atoms with Crippen LogP contribution in [0.2, 0.25) is 0 Å². The van der Waals surface area contributed by atoms with Crippen LogP contribution in [0.5, 0.6) is 0 Å². The summed E-state index contributed by atoms with van der Waals surface area (Å²) in [5.74, 6) is 1.23. The Balaban J connectivity index is 1.95. The highest BCUT2D eigenvalue weighted by atomic mass is 16.5. The number of aromatic nitrogens is 2. The molecule has 2 heterocycles. The normalized spacial score (nSPS) is 22.1. The standard InChI is InChI=1S/C11H18N2O/c1-9(2)11-5-12-13(7-11)6-10-3-4-14-8-10/h5,7,9-10H,3-4,6,8H2,1-2H3/t10-/m0/s1. The second-order valence-corrected chi connectivity index (χ2v) is 4.38. The fourth-order valence-corrected chi connectivity index (χ4v) is 1.77. The van der Waals surface area contributed by atoms with Crippen LogP contribution in [0.3, 0.4) is 0 Å². The number of nitrogens with zero attached hydrogens (tertiary/aromatic N) is 2. The molecule has 2 rings (SSSR count). The van der Waals surface area contributed by atoms with Crippen molar-refractivity contribution in [2.45, 2.75) is 32.7 Å². The van der Waals surface area contributed by atoms with Crippen molar-refractivity contribution in [3.63, 3.8) is 0 Å². The lowest BCUT2D eigenvalue weighted by atomic mass is 10.1. The van der Waals surface area contributed by atoms with Crippen molar-refractivity contribution in [3.05, 3.63) is 18.0 Å². The Hall–Kier alpha value is -0.830. The van der Waals surface area contributed by atoms with E-state index in [1.807, 2.05) is 6.20 Å². The van der Waals surface area contributed by atoms with Gasteiger partial charge in [-0.1, -0.05) is 13.8 Å². The molecule has 1 aromatic rings. The lowest BCUT2D eigenvalue weighted by Gasteiger charge is -2.06. The van der Waals surface area contributed by atoms with Crippen LogP contribution in [0.1, 0.15) is 31.7 Å². The summed E-state index contributed by atoms with van der Waals surface area (Å²) in [5, 5.41) is 4.36. The molecule has 1 fully saturated rings. The number of hydrogen-bond acceptors (Lipinski definition) is 2. The van der Waals surface area contributed by atoms with Gasteiger partial charge in [-0.05, 0) is 17.9 Å². The van der Waals surface area contributed by atoms with Crippen molar-refractivity contribution in [3.8, 4) is 0 Å². The molecule has 1 atom stereocenters. The van der Waals surface area contributed by atoms with E-state index in [9.17, 15) is 0 Å². The van der Waals surface area contributed by atoms with Crippen LogP contribution in [-0.2, 0) is 11.3 Å². The molecule has 1 aromatic heterocycles. The monoisotopic (exact) mass is 194 g/mol. The smallest absolute Gasteiger partial charge is 0.0524 e. The van der Waals surface area contributed by atoms with Crippen LogP contribution in [0.15, 0.2) is 12.4 Å². The zero-order chi connectivity index (χ0) is 9.97. The van der Waals surface area contributed by atoms with Gasteiger partial charge in [0.2, 0.25) is 0 Å².